The zero-order chi connectivity index (χ0) is 13.9. The third-order valence-corrected chi connectivity index (χ3v) is 5.00. The summed E-state index contributed by atoms with van der Waals surface area (Å²) in [6.07, 6.45) is 10.3. The van der Waals surface area contributed by atoms with Gasteiger partial charge in [0.2, 0.25) is 0 Å². The summed E-state index contributed by atoms with van der Waals surface area (Å²) >= 11 is 0. The van der Waals surface area contributed by atoms with Crippen LogP contribution in [0.1, 0.15) is 71.6 Å². The number of hydrogen-bond donors (Lipinski definition) is 1. The summed E-state index contributed by atoms with van der Waals surface area (Å²) in [4.78, 5) is 12.1. The van der Waals surface area contributed by atoms with Gasteiger partial charge in [0.05, 0.1) is 0 Å². The molecule has 2 N–H and O–H groups in total. The number of nitrogens with two attached hydrogens (primary N) is 1. The first-order chi connectivity index (χ1) is 8.98. The van der Waals surface area contributed by atoms with Gasteiger partial charge in [-0.15, -0.1) is 0 Å². The number of ether oxygens (including phenoxy) is 1. The molecule has 3 nitrogen and oxygen atoms in total. The van der Waals surface area contributed by atoms with E-state index in [2.05, 4.69) is 13.8 Å². The molecule has 0 aromatic heterocycles. The van der Waals surface area contributed by atoms with Gasteiger partial charge in [0.15, 0.2) is 0 Å². The van der Waals surface area contributed by atoms with Crippen molar-refractivity contribution in [2.45, 2.75) is 83.8 Å². The molecule has 19 heavy (non-hydrogen) atoms. The Morgan fingerprint density at radius 1 is 1.11 bits per heavy atom. The van der Waals surface area contributed by atoms with E-state index in [1.807, 2.05) is 0 Å². The molecule has 2 aliphatic rings. The molecule has 0 radical (unpaired) electrons. The molecule has 0 spiro atoms. The van der Waals surface area contributed by atoms with E-state index in [9.17, 15) is 4.79 Å². The van der Waals surface area contributed by atoms with Crippen molar-refractivity contribution in [1.29, 1.82) is 0 Å². The lowest BCUT2D eigenvalue weighted by Crippen LogP contribution is -2.42. The maximum absolute atomic E-state index is 12.1. The third-order valence-electron chi connectivity index (χ3n) is 5.00. The Hall–Kier alpha value is -0.570. The highest BCUT2D eigenvalue weighted by Gasteiger charge is 2.32. The van der Waals surface area contributed by atoms with Gasteiger partial charge in [-0.2, -0.15) is 0 Å². The Labute approximate surface area is 117 Å². The number of carbonyl (C=O) groups excluding carboxylic acids is 1. The smallest absolute Gasteiger partial charge is 0.323 e. The van der Waals surface area contributed by atoms with E-state index in [0.29, 0.717) is 11.3 Å². The quantitative estimate of drug-likeness (QED) is 0.797. The monoisotopic (exact) mass is 267 g/mol. The van der Waals surface area contributed by atoms with E-state index in [1.54, 1.807) is 0 Å². The van der Waals surface area contributed by atoms with E-state index in [1.165, 1.54) is 19.3 Å². The van der Waals surface area contributed by atoms with E-state index >= 15 is 0 Å². The first kappa shape index (κ1) is 14.8. The summed E-state index contributed by atoms with van der Waals surface area (Å²) in [6.45, 7) is 4.58. The summed E-state index contributed by atoms with van der Waals surface area (Å²) in [5.41, 5.74) is 6.50. The molecule has 0 amide bonds. The van der Waals surface area contributed by atoms with Crippen LogP contribution in [-0.4, -0.2) is 18.1 Å². The predicted octanol–water partition coefficient (Wildman–Crippen LogP) is 3.41. The highest BCUT2D eigenvalue weighted by molar-refractivity contribution is 5.76. The van der Waals surface area contributed by atoms with Crippen LogP contribution < -0.4 is 5.73 Å². The summed E-state index contributed by atoms with van der Waals surface area (Å²) in [7, 11) is 0. The van der Waals surface area contributed by atoms with Crippen LogP contribution in [0.25, 0.3) is 0 Å². The van der Waals surface area contributed by atoms with Gasteiger partial charge >= 0.3 is 5.97 Å². The normalized spacial score (nSPS) is 26.9. The number of carbonyl (C=O) groups is 1. The predicted molar refractivity (Wildman–Crippen MR) is 76.7 cm³/mol. The van der Waals surface area contributed by atoms with Gasteiger partial charge in [-0.3, -0.25) is 4.79 Å². The minimum atomic E-state index is -0.393. The Morgan fingerprint density at radius 3 is 2.26 bits per heavy atom. The zero-order valence-electron chi connectivity index (χ0n) is 12.5. The molecular weight excluding hydrogens is 238 g/mol. The molecule has 2 fully saturated rings. The molecule has 1 unspecified atom stereocenters. The lowest BCUT2D eigenvalue weighted by Gasteiger charge is -2.35. The number of esters is 1. The SMILES string of the molecule is CC1(C)CCC(OC(=O)C(N)C2CCCCC2)CC1. The molecule has 3 heteroatoms. The zero-order valence-corrected chi connectivity index (χ0v) is 12.5. The first-order valence-corrected chi connectivity index (χ1v) is 7.94. The largest absolute Gasteiger partial charge is 0.461 e. The van der Waals surface area contributed by atoms with Crippen LogP contribution in [0.3, 0.4) is 0 Å². The minimum Gasteiger partial charge on any atom is -0.461 e. The third kappa shape index (κ3) is 4.20. The van der Waals surface area contributed by atoms with Crippen molar-refractivity contribution < 1.29 is 9.53 Å². The van der Waals surface area contributed by atoms with Gasteiger partial charge in [-0.1, -0.05) is 33.1 Å². The second-order valence-corrected chi connectivity index (χ2v) is 7.22. The van der Waals surface area contributed by atoms with Crippen LogP contribution in [0.4, 0.5) is 0 Å². The molecule has 1 atom stereocenters. The van der Waals surface area contributed by atoms with E-state index < -0.39 is 6.04 Å². The Kier molecular flexibility index (Phi) is 4.88. The van der Waals surface area contributed by atoms with Gasteiger partial charge in [-0.05, 0) is 49.9 Å². The minimum absolute atomic E-state index is 0.107. The van der Waals surface area contributed by atoms with Crippen LogP contribution >= 0.6 is 0 Å². The maximum Gasteiger partial charge on any atom is 0.323 e. The molecule has 0 aromatic carbocycles. The Bertz CT molecular complexity index is 298. The van der Waals surface area contributed by atoms with Crippen LogP contribution in [0, 0.1) is 11.3 Å². The number of rotatable bonds is 3. The average Bonchev–Trinajstić information content (AvgIpc) is 2.41. The molecule has 2 saturated carbocycles. The van der Waals surface area contributed by atoms with Crippen molar-refractivity contribution >= 4 is 5.97 Å². The molecule has 0 heterocycles. The van der Waals surface area contributed by atoms with Crippen LogP contribution in [0.15, 0.2) is 0 Å². The summed E-state index contributed by atoms with van der Waals surface area (Å²) in [5.74, 6) is 0.192. The fourth-order valence-corrected chi connectivity index (χ4v) is 3.42. The van der Waals surface area contributed by atoms with Crippen LogP contribution in [-0.2, 0) is 9.53 Å². The lowest BCUT2D eigenvalue weighted by atomic mass is 9.76. The highest BCUT2D eigenvalue weighted by atomic mass is 16.5. The van der Waals surface area contributed by atoms with Crippen molar-refractivity contribution in [3.63, 3.8) is 0 Å². The summed E-state index contributed by atoms with van der Waals surface area (Å²) < 4.78 is 5.64. The van der Waals surface area contributed by atoms with Crippen molar-refractivity contribution in [2.75, 3.05) is 0 Å². The second-order valence-electron chi connectivity index (χ2n) is 7.22. The molecule has 2 aliphatic carbocycles. The van der Waals surface area contributed by atoms with Crippen molar-refractivity contribution in [1.82, 2.24) is 0 Å². The molecule has 2 rings (SSSR count). The number of hydrogen-bond acceptors (Lipinski definition) is 3. The highest BCUT2D eigenvalue weighted by Crippen LogP contribution is 2.36. The second kappa shape index (κ2) is 6.25. The summed E-state index contributed by atoms with van der Waals surface area (Å²) in [6, 6.07) is -0.393. The standard InChI is InChI=1S/C16H29NO2/c1-16(2)10-8-13(9-11-16)19-15(18)14(17)12-6-4-3-5-7-12/h12-14H,3-11,17H2,1-2H3. The van der Waals surface area contributed by atoms with Gasteiger partial charge in [0.25, 0.3) is 0 Å². The Balaban J connectivity index is 1.77. The van der Waals surface area contributed by atoms with E-state index in [4.69, 9.17) is 10.5 Å². The topological polar surface area (TPSA) is 52.3 Å². The molecule has 0 aromatic rings. The molecule has 0 bridgehead atoms. The average molecular weight is 267 g/mol. The van der Waals surface area contributed by atoms with Crippen molar-refractivity contribution in [3.8, 4) is 0 Å². The molecule has 110 valence electrons. The Morgan fingerprint density at radius 2 is 1.68 bits per heavy atom. The van der Waals surface area contributed by atoms with E-state index in [0.717, 1.165) is 38.5 Å². The molecule has 0 saturated heterocycles. The fraction of sp³-hybridized carbons (Fsp3) is 0.938. The first-order valence-electron chi connectivity index (χ1n) is 7.94. The van der Waals surface area contributed by atoms with Gasteiger partial charge in [0.1, 0.15) is 12.1 Å². The molecule has 0 aliphatic heterocycles. The van der Waals surface area contributed by atoms with Gasteiger partial charge < -0.3 is 10.5 Å². The fourth-order valence-electron chi connectivity index (χ4n) is 3.42. The van der Waals surface area contributed by atoms with Gasteiger partial charge in [-0.25, -0.2) is 0 Å². The van der Waals surface area contributed by atoms with Crippen molar-refractivity contribution in [2.24, 2.45) is 17.1 Å². The lowest BCUT2D eigenvalue weighted by molar-refractivity contribution is -0.155. The van der Waals surface area contributed by atoms with E-state index in [-0.39, 0.29) is 12.1 Å². The van der Waals surface area contributed by atoms with Crippen LogP contribution in [0.2, 0.25) is 0 Å². The van der Waals surface area contributed by atoms with Crippen LogP contribution in [0.5, 0.6) is 0 Å². The van der Waals surface area contributed by atoms with Gasteiger partial charge in [0, 0.05) is 0 Å². The summed E-state index contributed by atoms with van der Waals surface area (Å²) in [5, 5.41) is 0. The van der Waals surface area contributed by atoms with Crippen molar-refractivity contribution in [3.05, 3.63) is 0 Å². The molecular formula is C16H29NO2. The maximum atomic E-state index is 12.1.